The van der Waals surface area contributed by atoms with Gasteiger partial charge in [-0.1, -0.05) is 36.4 Å². The van der Waals surface area contributed by atoms with E-state index in [2.05, 4.69) is 22.0 Å². The van der Waals surface area contributed by atoms with Crippen LogP contribution in [0.15, 0.2) is 53.0 Å². The third-order valence-corrected chi connectivity index (χ3v) is 5.12. The molecule has 0 saturated carbocycles. The van der Waals surface area contributed by atoms with Gasteiger partial charge in [-0.05, 0) is 46.5 Å². The van der Waals surface area contributed by atoms with Gasteiger partial charge in [-0.25, -0.2) is 0 Å². The summed E-state index contributed by atoms with van der Waals surface area (Å²) in [4.78, 5) is 12.4. The number of hydrogen-bond acceptors (Lipinski definition) is 5. The zero-order chi connectivity index (χ0) is 21.2. The third-order valence-electron chi connectivity index (χ3n) is 4.50. The SMILES string of the molecule is COCOc1cc(OC)c(Br)cc1C(O)CC(=O)CC/C=C(\C)c1ccccc1. The summed E-state index contributed by atoms with van der Waals surface area (Å²) in [6.45, 7) is 2.06. The predicted molar refractivity (Wildman–Crippen MR) is 117 cm³/mol. The van der Waals surface area contributed by atoms with E-state index in [1.54, 1.807) is 19.2 Å². The number of benzene rings is 2. The standard InChI is InChI=1S/C23H27BrO5/c1-16(17-9-5-4-6-10-17)8-7-11-18(25)12-21(26)19-13-20(24)23(28-3)14-22(19)29-15-27-2/h4-6,8-10,13-14,21,26H,7,11-12,15H2,1-3H3/b16-8+. The second-order valence-electron chi connectivity index (χ2n) is 6.63. The van der Waals surface area contributed by atoms with E-state index in [4.69, 9.17) is 14.2 Å². The summed E-state index contributed by atoms with van der Waals surface area (Å²) in [5, 5.41) is 10.6. The molecule has 156 valence electrons. The number of hydrogen-bond donors (Lipinski definition) is 1. The van der Waals surface area contributed by atoms with Crippen LogP contribution in [-0.4, -0.2) is 31.9 Å². The van der Waals surface area contributed by atoms with E-state index in [1.165, 1.54) is 7.11 Å². The van der Waals surface area contributed by atoms with E-state index in [0.717, 1.165) is 11.1 Å². The summed E-state index contributed by atoms with van der Waals surface area (Å²) in [6.07, 6.45) is 2.09. The van der Waals surface area contributed by atoms with E-state index < -0.39 is 6.10 Å². The van der Waals surface area contributed by atoms with Crippen molar-refractivity contribution in [2.75, 3.05) is 21.0 Å². The fourth-order valence-electron chi connectivity index (χ4n) is 2.91. The average molecular weight is 463 g/mol. The first-order valence-corrected chi connectivity index (χ1v) is 10.2. The van der Waals surface area contributed by atoms with Crippen LogP contribution in [0.25, 0.3) is 5.57 Å². The van der Waals surface area contributed by atoms with Crippen molar-refractivity contribution in [2.45, 2.75) is 32.3 Å². The molecule has 0 saturated heterocycles. The van der Waals surface area contributed by atoms with Gasteiger partial charge in [0.25, 0.3) is 0 Å². The van der Waals surface area contributed by atoms with Crippen LogP contribution in [-0.2, 0) is 9.53 Å². The fourth-order valence-corrected chi connectivity index (χ4v) is 3.43. The van der Waals surface area contributed by atoms with Gasteiger partial charge in [-0.3, -0.25) is 4.79 Å². The summed E-state index contributed by atoms with van der Waals surface area (Å²) in [6, 6.07) is 13.4. The Balaban J connectivity index is 2.00. The number of aliphatic hydroxyl groups is 1. The van der Waals surface area contributed by atoms with E-state index in [9.17, 15) is 9.90 Å². The highest BCUT2D eigenvalue weighted by Gasteiger charge is 2.20. The summed E-state index contributed by atoms with van der Waals surface area (Å²) in [7, 11) is 3.06. The Labute approximate surface area is 180 Å². The Morgan fingerprint density at radius 3 is 2.55 bits per heavy atom. The second kappa shape index (κ2) is 11.8. The summed E-state index contributed by atoms with van der Waals surface area (Å²) >= 11 is 3.41. The van der Waals surface area contributed by atoms with Crippen molar-refractivity contribution in [3.8, 4) is 11.5 Å². The monoisotopic (exact) mass is 462 g/mol. The molecule has 0 aliphatic carbocycles. The minimum Gasteiger partial charge on any atom is -0.495 e. The molecular weight excluding hydrogens is 436 g/mol. The molecule has 1 atom stereocenters. The van der Waals surface area contributed by atoms with E-state index >= 15 is 0 Å². The number of carbonyl (C=O) groups is 1. The Hall–Kier alpha value is -2.15. The lowest BCUT2D eigenvalue weighted by Gasteiger charge is -2.17. The van der Waals surface area contributed by atoms with Crippen molar-refractivity contribution in [1.82, 2.24) is 0 Å². The van der Waals surface area contributed by atoms with Crippen molar-refractivity contribution < 1.29 is 24.1 Å². The average Bonchev–Trinajstić information content (AvgIpc) is 2.73. The van der Waals surface area contributed by atoms with Gasteiger partial charge in [0, 0.05) is 31.6 Å². The maximum atomic E-state index is 12.4. The lowest BCUT2D eigenvalue weighted by molar-refractivity contribution is -0.120. The maximum Gasteiger partial charge on any atom is 0.188 e. The minimum atomic E-state index is -0.976. The maximum absolute atomic E-state index is 12.4. The molecular formula is C23H27BrO5. The number of rotatable bonds is 11. The summed E-state index contributed by atoms with van der Waals surface area (Å²) in [5.41, 5.74) is 2.79. The predicted octanol–water partition coefficient (Wildman–Crippen LogP) is 5.32. The molecule has 0 heterocycles. The topological polar surface area (TPSA) is 65.0 Å². The second-order valence-corrected chi connectivity index (χ2v) is 7.48. The Kier molecular flexibility index (Phi) is 9.38. The number of allylic oxidation sites excluding steroid dienone is 2. The Morgan fingerprint density at radius 1 is 1.17 bits per heavy atom. The normalized spacial score (nSPS) is 12.5. The van der Waals surface area contributed by atoms with Gasteiger partial charge in [-0.15, -0.1) is 0 Å². The largest absolute Gasteiger partial charge is 0.495 e. The molecule has 1 unspecified atom stereocenters. The molecule has 0 spiro atoms. The first-order valence-electron chi connectivity index (χ1n) is 9.37. The number of carbonyl (C=O) groups excluding carboxylic acids is 1. The quantitative estimate of drug-likeness (QED) is 0.457. The smallest absolute Gasteiger partial charge is 0.188 e. The third kappa shape index (κ3) is 6.99. The van der Waals surface area contributed by atoms with E-state index in [0.29, 0.717) is 34.4 Å². The van der Waals surface area contributed by atoms with Crippen LogP contribution in [0, 0.1) is 0 Å². The lowest BCUT2D eigenvalue weighted by Crippen LogP contribution is -2.10. The highest BCUT2D eigenvalue weighted by molar-refractivity contribution is 9.10. The Bertz CT molecular complexity index is 833. The van der Waals surface area contributed by atoms with Gasteiger partial charge < -0.3 is 19.3 Å². The number of halogens is 1. The molecule has 0 aliphatic rings. The van der Waals surface area contributed by atoms with Crippen LogP contribution in [0.2, 0.25) is 0 Å². The van der Waals surface area contributed by atoms with Gasteiger partial charge in [0.15, 0.2) is 6.79 Å². The van der Waals surface area contributed by atoms with Gasteiger partial charge in [0.2, 0.25) is 0 Å². The molecule has 29 heavy (non-hydrogen) atoms. The highest BCUT2D eigenvalue weighted by Crippen LogP contribution is 2.37. The lowest BCUT2D eigenvalue weighted by atomic mass is 10.00. The molecule has 0 aliphatic heterocycles. The zero-order valence-corrected chi connectivity index (χ0v) is 18.6. The molecule has 0 bridgehead atoms. The van der Waals surface area contributed by atoms with E-state index in [1.807, 2.05) is 37.3 Å². The van der Waals surface area contributed by atoms with Crippen LogP contribution in [0.1, 0.15) is 43.4 Å². The molecule has 2 rings (SSSR count). The molecule has 0 fully saturated rings. The summed E-state index contributed by atoms with van der Waals surface area (Å²) in [5.74, 6) is 0.978. The zero-order valence-electron chi connectivity index (χ0n) is 17.0. The van der Waals surface area contributed by atoms with Gasteiger partial charge >= 0.3 is 0 Å². The van der Waals surface area contributed by atoms with E-state index in [-0.39, 0.29) is 19.0 Å². The van der Waals surface area contributed by atoms with Crippen LogP contribution >= 0.6 is 15.9 Å². The van der Waals surface area contributed by atoms with Crippen molar-refractivity contribution in [2.24, 2.45) is 0 Å². The molecule has 1 N–H and O–H groups in total. The molecule has 0 amide bonds. The molecule has 2 aromatic rings. The van der Waals surface area contributed by atoms with Crippen LogP contribution in [0.4, 0.5) is 0 Å². The van der Waals surface area contributed by atoms with Crippen LogP contribution < -0.4 is 9.47 Å². The minimum absolute atomic E-state index is 0.0142. The number of ether oxygens (including phenoxy) is 3. The fraction of sp³-hybridized carbons (Fsp3) is 0.348. The Morgan fingerprint density at radius 2 is 1.90 bits per heavy atom. The van der Waals surface area contributed by atoms with Crippen molar-refractivity contribution >= 4 is 27.3 Å². The number of Topliss-reactive ketones (excluding diaryl/α,β-unsaturated/α-hetero) is 1. The highest BCUT2D eigenvalue weighted by atomic mass is 79.9. The number of methoxy groups -OCH3 is 2. The van der Waals surface area contributed by atoms with Crippen molar-refractivity contribution in [3.05, 3.63) is 64.1 Å². The molecule has 0 radical (unpaired) electrons. The molecule has 0 aromatic heterocycles. The van der Waals surface area contributed by atoms with Crippen LogP contribution in [0.3, 0.4) is 0 Å². The van der Waals surface area contributed by atoms with Gasteiger partial charge in [0.05, 0.1) is 17.7 Å². The van der Waals surface area contributed by atoms with Crippen molar-refractivity contribution in [3.63, 3.8) is 0 Å². The molecule has 2 aromatic carbocycles. The van der Waals surface area contributed by atoms with Gasteiger partial charge in [-0.2, -0.15) is 0 Å². The van der Waals surface area contributed by atoms with Crippen molar-refractivity contribution in [1.29, 1.82) is 0 Å². The van der Waals surface area contributed by atoms with Gasteiger partial charge in [0.1, 0.15) is 17.3 Å². The first kappa shape index (κ1) is 23.1. The first-order chi connectivity index (χ1) is 14.0. The number of aliphatic hydroxyl groups excluding tert-OH is 1. The molecule has 5 nitrogen and oxygen atoms in total. The summed E-state index contributed by atoms with van der Waals surface area (Å²) < 4.78 is 16.4. The molecule has 6 heteroatoms. The van der Waals surface area contributed by atoms with Crippen LogP contribution in [0.5, 0.6) is 11.5 Å². The number of ketones is 1.